The van der Waals surface area contributed by atoms with E-state index in [1.165, 1.54) is 7.11 Å². The summed E-state index contributed by atoms with van der Waals surface area (Å²) in [5.41, 5.74) is 1.49. The van der Waals surface area contributed by atoms with Gasteiger partial charge in [-0.3, -0.25) is 4.79 Å². The molecule has 1 aromatic heterocycles. The predicted molar refractivity (Wildman–Crippen MR) is 81.2 cm³/mol. The van der Waals surface area contributed by atoms with Crippen molar-refractivity contribution in [3.05, 3.63) is 28.1 Å². The first-order valence-electron chi connectivity index (χ1n) is 7.20. The van der Waals surface area contributed by atoms with E-state index in [4.69, 9.17) is 4.74 Å². The number of fused-ring (bicyclic) bond motifs is 1. The van der Waals surface area contributed by atoms with Gasteiger partial charge in [0.05, 0.1) is 13.7 Å². The van der Waals surface area contributed by atoms with E-state index in [0.717, 1.165) is 10.5 Å². The van der Waals surface area contributed by atoms with Crippen molar-refractivity contribution >= 4 is 18.0 Å². The molecule has 23 heavy (non-hydrogen) atoms. The zero-order chi connectivity index (χ0) is 17.5. The summed E-state index contributed by atoms with van der Waals surface area (Å²) in [7, 11) is 1.25. The van der Waals surface area contributed by atoms with Gasteiger partial charge in [-0.25, -0.2) is 19.5 Å². The fourth-order valence-electron chi connectivity index (χ4n) is 2.33. The normalized spacial score (nSPS) is 13.8. The van der Waals surface area contributed by atoms with Crippen molar-refractivity contribution in [2.45, 2.75) is 46.8 Å². The van der Waals surface area contributed by atoms with E-state index < -0.39 is 23.6 Å². The van der Waals surface area contributed by atoms with Crippen LogP contribution in [0.1, 0.15) is 58.4 Å². The second kappa shape index (κ2) is 5.64. The van der Waals surface area contributed by atoms with Crippen LogP contribution < -0.4 is 0 Å². The molecule has 124 valence electrons. The number of methoxy groups -OCH3 is 1. The van der Waals surface area contributed by atoms with Gasteiger partial charge in [-0.05, 0) is 45.7 Å². The van der Waals surface area contributed by atoms with Crippen LogP contribution in [0, 0.1) is 13.8 Å². The maximum absolute atomic E-state index is 12.5. The fourth-order valence-corrected chi connectivity index (χ4v) is 2.33. The average Bonchev–Trinajstić information content (AvgIpc) is 2.77. The van der Waals surface area contributed by atoms with E-state index in [9.17, 15) is 14.4 Å². The topological polar surface area (TPSA) is 85.8 Å². The molecule has 2 amide bonds. The number of aromatic nitrogens is 1. The Morgan fingerprint density at radius 2 is 1.78 bits per heavy atom. The molecule has 0 aliphatic carbocycles. The molecule has 1 aromatic rings. The van der Waals surface area contributed by atoms with Gasteiger partial charge in [-0.15, -0.1) is 0 Å². The van der Waals surface area contributed by atoms with Gasteiger partial charge in [-0.1, -0.05) is 0 Å². The first-order chi connectivity index (χ1) is 10.6. The van der Waals surface area contributed by atoms with E-state index in [1.54, 1.807) is 34.6 Å². The number of pyridine rings is 1. The number of imide groups is 1. The highest BCUT2D eigenvalue weighted by Crippen LogP contribution is 2.29. The van der Waals surface area contributed by atoms with Crippen molar-refractivity contribution in [2.24, 2.45) is 0 Å². The molecule has 1 aliphatic rings. The molecule has 0 saturated carbocycles. The number of amides is 2. The molecule has 7 heteroatoms. The Morgan fingerprint density at radius 3 is 2.30 bits per heavy atom. The molecule has 2 rings (SSSR count). The van der Waals surface area contributed by atoms with Gasteiger partial charge in [0.15, 0.2) is 5.69 Å². The van der Waals surface area contributed by atoms with Gasteiger partial charge in [-0.2, -0.15) is 0 Å². The lowest BCUT2D eigenvalue weighted by Crippen LogP contribution is -2.37. The van der Waals surface area contributed by atoms with Crippen LogP contribution in [0.15, 0.2) is 0 Å². The predicted octanol–water partition coefficient (Wildman–Crippen LogP) is 2.38. The largest absolute Gasteiger partial charge is 0.464 e. The van der Waals surface area contributed by atoms with Crippen LogP contribution in [0.5, 0.6) is 0 Å². The van der Waals surface area contributed by atoms with Crippen molar-refractivity contribution < 1.29 is 23.9 Å². The Hall–Kier alpha value is -2.44. The quantitative estimate of drug-likeness (QED) is 0.738. The van der Waals surface area contributed by atoms with Gasteiger partial charge in [0.1, 0.15) is 11.3 Å². The summed E-state index contributed by atoms with van der Waals surface area (Å²) in [5, 5.41) is 0. The summed E-state index contributed by atoms with van der Waals surface area (Å²) in [4.78, 5) is 41.5. The highest BCUT2D eigenvalue weighted by Gasteiger charge is 2.38. The average molecular weight is 320 g/mol. The minimum Gasteiger partial charge on any atom is -0.464 e. The number of carbonyl (C=O) groups is 3. The molecule has 1 aliphatic heterocycles. The third-order valence-corrected chi connectivity index (χ3v) is 3.64. The number of carbonyl (C=O) groups excluding carboxylic acids is 3. The Kier molecular flexibility index (Phi) is 4.15. The third kappa shape index (κ3) is 3.04. The summed E-state index contributed by atoms with van der Waals surface area (Å²) in [5.74, 6) is -1.18. The van der Waals surface area contributed by atoms with Crippen molar-refractivity contribution in [2.75, 3.05) is 7.11 Å². The fraction of sp³-hybridized carbons (Fsp3) is 0.500. The van der Waals surface area contributed by atoms with Gasteiger partial charge in [0.25, 0.3) is 5.91 Å². The number of hydrogen-bond donors (Lipinski definition) is 0. The van der Waals surface area contributed by atoms with Crippen LogP contribution in [-0.4, -0.2) is 40.6 Å². The highest BCUT2D eigenvalue weighted by molar-refractivity contribution is 6.06. The molecule has 0 bridgehead atoms. The van der Waals surface area contributed by atoms with Gasteiger partial charge in [0, 0.05) is 5.56 Å². The summed E-state index contributed by atoms with van der Waals surface area (Å²) in [6.07, 6.45) is -0.725. The molecule has 0 atom stereocenters. The summed E-state index contributed by atoms with van der Waals surface area (Å²) >= 11 is 0. The lowest BCUT2D eigenvalue weighted by molar-refractivity contribution is 0.0247. The number of hydrogen-bond acceptors (Lipinski definition) is 6. The molecule has 7 nitrogen and oxygen atoms in total. The van der Waals surface area contributed by atoms with Crippen LogP contribution >= 0.6 is 0 Å². The number of nitrogens with zero attached hydrogens (tertiary/aromatic N) is 2. The van der Waals surface area contributed by atoms with Gasteiger partial charge >= 0.3 is 12.1 Å². The molecular formula is C16H20N2O5. The smallest absolute Gasteiger partial charge is 0.417 e. The van der Waals surface area contributed by atoms with Crippen molar-refractivity contribution in [1.82, 2.24) is 9.88 Å². The Balaban J connectivity index is 2.42. The standard InChI is InChI=1S/C16H20N2O5/c1-8-9(2)11(14(20)22-6)17-12-10(8)7-18(13(12)19)15(21)23-16(3,4)5/h7H2,1-6H3. The Bertz CT molecular complexity index is 703. The van der Waals surface area contributed by atoms with Gasteiger partial charge < -0.3 is 9.47 Å². The maximum atomic E-state index is 12.5. The first kappa shape index (κ1) is 16.9. The molecule has 0 spiro atoms. The molecule has 0 unspecified atom stereocenters. The molecule has 0 saturated heterocycles. The minimum absolute atomic E-state index is 0.0862. The number of esters is 1. The van der Waals surface area contributed by atoms with Crippen molar-refractivity contribution in [1.29, 1.82) is 0 Å². The van der Waals surface area contributed by atoms with Crippen LogP contribution in [0.25, 0.3) is 0 Å². The molecule has 0 fully saturated rings. The van der Waals surface area contributed by atoms with E-state index >= 15 is 0 Å². The zero-order valence-electron chi connectivity index (χ0n) is 14.1. The van der Waals surface area contributed by atoms with E-state index in [1.807, 2.05) is 0 Å². The first-order valence-corrected chi connectivity index (χ1v) is 7.20. The van der Waals surface area contributed by atoms with E-state index in [-0.39, 0.29) is 17.9 Å². The second-order valence-corrected chi connectivity index (χ2v) is 6.40. The number of ether oxygens (including phenoxy) is 2. The van der Waals surface area contributed by atoms with Crippen LogP contribution in [0.3, 0.4) is 0 Å². The molecule has 0 N–H and O–H groups in total. The minimum atomic E-state index is -0.725. The van der Waals surface area contributed by atoms with Crippen LogP contribution in [-0.2, 0) is 16.0 Å². The lowest BCUT2D eigenvalue weighted by atomic mass is 10.0. The molecule has 0 aromatic carbocycles. The molecular weight excluding hydrogens is 300 g/mol. The highest BCUT2D eigenvalue weighted by atomic mass is 16.6. The Morgan fingerprint density at radius 1 is 1.17 bits per heavy atom. The van der Waals surface area contributed by atoms with Crippen LogP contribution in [0.2, 0.25) is 0 Å². The zero-order valence-corrected chi connectivity index (χ0v) is 14.1. The van der Waals surface area contributed by atoms with Crippen LogP contribution in [0.4, 0.5) is 4.79 Å². The molecule has 2 heterocycles. The van der Waals surface area contributed by atoms with Gasteiger partial charge in [0.2, 0.25) is 0 Å². The summed E-state index contributed by atoms with van der Waals surface area (Å²) in [6.45, 7) is 8.78. The summed E-state index contributed by atoms with van der Waals surface area (Å²) in [6, 6.07) is 0. The third-order valence-electron chi connectivity index (χ3n) is 3.64. The number of rotatable bonds is 1. The SMILES string of the molecule is COC(=O)c1nc2c(c(C)c1C)CN(C(=O)OC(C)(C)C)C2=O. The van der Waals surface area contributed by atoms with Crippen molar-refractivity contribution in [3.63, 3.8) is 0 Å². The summed E-state index contributed by atoms with van der Waals surface area (Å²) < 4.78 is 9.93. The lowest BCUT2D eigenvalue weighted by Gasteiger charge is -2.23. The van der Waals surface area contributed by atoms with E-state index in [2.05, 4.69) is 9.72 Å². The monoisotopic (exact) mass is 320 g/mol. The second-order valence-electron chi connectivity index (χ2n) is 6.40. The molecule has 0 radical (unpaired) electrons. The Labute approximate surface area is 134 Å². The van der Waals surface area contributed by atoms with E-state index in [0.29, 0.717) is 11.1 Å². The maximum Gasteiger partial charge on any atom is 0.417 e. The van der Waals surface area contributed by atoms with Crippen molar-refractivity contribution in [3.8, 4) is 0 Å².